The summed E-state index contributed by atoms with van der Waals surface area (Å²) in [6.07, 6.45) is 3.93. The Balaban J connectivity index is 1.95. The Morgan fingerprint density at radius 1 is 1.32 bits per heavy atom. The molecular weight excluding hydrogens is 234 g/mol. The minimum atomic E-state index is 0.383. The first-order valence-corrected chi connectivity index (χ1v) is 7.60. The zero-order valence-corrected chi connectivity index (χ0v) is 12.7. The van der Waals surface area contributed by atoms with Gasteiger partial charge in [-0.25, -0.2) is 0 Å². The molecular formula is C17H27NO. The van der Waals surface area contributed by atoms with Crippen LogP contribution in [0.4, 0.5) is 0 Å². The van der Waals surface area contributed by atoms with E-state index in [1.165, 1.54) is 24.0 Å². The molecule has 0 amide bonds. The van der Waals surface area contributed by atoms with Gasteiger partial charge in [-0.05, 0) is 61.9 Å². The predicted molar refractivity (Wildman–Crippen MR) is 81.0 cm³/mol. The quantitative estimate of drug-likeness (QED) is 0.864. The zero-order chi connectivity index (χ0) is 13.8. The Morgan fingerprint density at radius 2 is 2.11 bits per heavy atom. The van der Waals surface area contributed by atoms with Crippen molar-refractivity contribution in [1.29, 1.82) is 0 Å². The molecule has 0 aliphatic heterocycles. The van der Waals surface area contributed by atoms with Crippen LogP contribution >= 0.6 is 0 Å². The average Bonchev–Trinajstić information content (AvgIpc) is 2.76. The van der Waals surface area contributed by atoms with E-state index in [1.54, 1.807) is 0 Å². The minimum Gasteiger partial charge on any atom is -0.490 e. The molecule has 0 bridgehead atoms. The van der Waals surface area contributed by atoms with Gasteiger partial charge in [0.25, 0.3) is 0 Å². The fourth-order valence-electron chi connectivity index (χ4n) is 3.08. The SMILES string of the molecule is CCNC1CCC(Oc2ccc(C(C)C)c(C)c2)C1. The molecule has 2 heteroatoms. The lowest BCUT2D eigenvalue weighted by molar-refractivity contribution is 0.206. The van der Waals surface area contributed by atoms with Gasteiger partial charge in [-0.1, -0.05) is 26.8 Å². The highest BCUT2D eigenvalue weighted by molar-refractivity contribution is 5.36. The molecule has 0 radical (unpaired) electrons. The van der Waals surface area contributed by atoms with Crippen LogP contribution in [0.25, 0.3) is 0 Å². The molecule has 1 fully saturated rings. The fourth-order valence-corrected chi connectivity index (χ4v) is 3.08. The molecule has 2 rings (SSSR count). The van der Waals surface area contributed by atoms with Crippen molar-refractivity contribution in [3.63, 3.8) is 0 Å². The lowest BCUT2D eigenvalue weighted by atomic mass is 9.98. The van der Waals surface area contributed by atoms with Gasteiger partial charge < -0.3 is 10.1 Å². The van der Waals surface area contributed by atoms with E-state index in [4.69, 9.17) is 4.74 Å². The first-order chi connectivity index (χ1) is 9.10. The highest BCUT2D eigenvalue weighted by Crippen LogP contribution is 2.28. The largest absolute Gasteiger partial charge is 0.490 e. The highest BCUT2D eigenvalue weighted by Gasteiger charge is 2.25. The first-order valence-electron chi connectivity index (χ1n) is 7.60. The molecule has 2 unspecified atom stereocenters. The molecule has 1 aromatic rings. The van der Waals surface area contributed by atoms with Crippen molar-refractivity contribution in [3.05, 3.63) is 29.3 Å². The van der Waals surface area contributed by atoms with Crippen molar-refractivity contribution >= 4 is 0 Å². The average molecular weight is 261 g/mol. The van der Waals surface area contributed by atoms with Crippen molar-refractivity contribution in [2.45, 2.75) is 65.0 Å². The second-order valence-corrected chi connectivity index (χ2v) is 5.98. The topological polar surface area (TPSA) is 21.3 Å². The third-order valence-corrected chi connectivity index (χ3v) is 4.04. The molecule has 0 saturated heterocycles. The molecule has 2 atom stereocenters. The van der Waals surface area contributed by atoms with Crippen molar-refractivity contribution in [2.24, 2.45) is 0 Å². The van der Waals surface area contributed by atoms with Gasteiger partial charge in [0, 0.05) is 6.04 Å². The van der Waals surface area contributed by atoms with Crippen LogP contribution in [0.2, 0.25) is 0 Å². The summed E-state index contributed by atoms with van der Waals surface area (Å²) >= 11 is 0. The summed E-state index contributed by atoms with van der Waals surface area (Å²) in [7, 11) is 0. The van der Waals surface area contributed by atoms with Crippen LogP contribution in [0, 0.1) is 6.92 Å². The number of benzene rings is 1. The molecule has 1 aliphatic rings. The summed E-state index contributed by atoms with van der Waals surface area (Å²) in [6.45, 7) is 9.88. The van der Waals surface area contributed by atoms with E-state index < -0.39 is 0 Å². The van der Waals surface area contributed by atoms with Crippen LogP contribution in [0.5, 0.6) is 5.75 Å². The fraction of sp³-hybridized carbons (Fsp3) is 0.647. The van der Waals surface area contributed by atoms with Gasteiger partial charge in [-0.3, -0.25) is 0 Å². The molecule has 19 heavy (non-hydrogen) atoms. The molecule has 0 spiro atoms. The van der Waals surface area contributed by atoms with E-state index in [1.807, 2.05) is 0 Å². The number of nitrogens with one attached hydrogen (secondary N) is 1. The van der Waals surface area contributed by atoms with E-state index in [9.17, 15) is 0 Å². The summed E-state index contributed by atoms with van der Waals surface area (Å²) in [5.41, 5.74) is 2.76. The Bertz CT molecular complexity index is 414. The highest BCUT2D eigenvalue weighted by atomic mass is 16.5. The van der Waals surface area contributed by atoms with Crippen molar-refractivity contribution in [3.8, 4) is 5.75 Å². The summed E-state index contributed by atoms with van der Waals surface area (Å²) < 4.78 is 6.13. The minimum absolute atomic E-state index is 0.383. The van der Waals surface area contributed by atoms with Gasteiger partial charge in [-0.2, -0.15) is 0 Å². The van der Waals surface area contributed by atoms with E-state index >= 15 is 0 Å². The van der Waals surface area contributed by atoms with Crippen molar-refractivity contribution in [2.75, 3.05) is 6.54 Å². The van der Waals surface area contributed by atoms with Gasteiger partial charge in [0.05, 0.1) is 0 Å². The Kier molecular flexibility index (Phi) is 4.87. The maximum absolute atomic E-state index is 6.13. The monoisotopic (exact) mass is 261 g/mol. The number of hydrogen-bond acceptors (Lipinski definition) is 2. The number of aryl methyl sites for hydroxylation is 1. The van der Waals surface area contributed by atoms with Crippen molar-refractivity contribution in [1.82, 2.24) is 5.32 Å². The molecule has 106 valence electrons. The maximum atomic E-state index is 6.13. The summed E-state index contributed by atoms with van der Waals surface area (Å²) in [5.74, 6) is 1.61. The number of rotatable bonds is 5. The van der Waals surface area contributed by atoms with E-state index in [2.05, 4.69) is 51.2 Å². The third kappa shape index (κ3) is 3.73. The lowest BCUT2D eigenvalue weighted by Crippen LogP contribution is -2.27. The Hall–Kier alpha value is -1.02. The lowest BCUT2D eigenvalue weighted by Gasteiger charge is -2.17. The van der Waals surface area contributed by atoms with Crippen molar-refractivity contribution < 1.29 is 4.74 Å². The predicted octanol–water partition coefficient (Wildman–Crippen LogP) is 4.03. The summed E-state index contributed by atoms with van der Waals surface area (Å²) in [5, 5.41) is 3.52. The summed E-state index contributed by atoms with van der Waals surface area (Å²) in [4.78, 5) is 0. The van der Waals surface area contributed by atoms with Gasteiger partial charge >= 0.3 is 0 Å². The van der Waals surface area contributed by atoms with Gasteiger partial charge in [-0.15, -0.1) is 0 Å². The molecule has 1 N–H and O–H groups in total. The molecule has 1 saturated carbocycles. The van der Waals surface area contributed by atoms with Crippen LogP contribution in [-0.2, 0) is 0 Å². The number of ether oxygens (including phenoxy) is 1. The first kappa shape index (κ1) is 14.4. The van der Waals surface area contributed by atoms with Crippen LogP contribution in [0.1, 0.15) is 57.1 Å². The van der Waals surface area contributed by atoms with Gasteiger partial charge in [0.15, 0.2) is 0 Å². The van der Waals surface area contributed by atoms with Crippen LogP contribution in [0.3, 0.4) is 0 Å². The maximum Gasteiger partial charge on any atom is 0.120 e. The van der Waals surface area contributed by atoms with Gasteiger partial charge in [0.2, 0.25) is 0 Å². The van der Waals surface area contributed by atoms with E-state index in [0.29, 0.717) is 18.1 Å². The second kappa shape index (κ2) is 6.42. The summed E-state index contributed by atoms with van der Waals surface area (Å²) in [6, 6.07) is 7.18. The third-order valence-electron chi connectivity index (χ3n) is 4.04. The molecule has 1 aromatic carbocycles. The Morgan fingerprint density at radius 3 is 2.74 bits per heavy atom. The van der Waals surface area contributed by atoms with Crippen LogP contribution < -0.4 is 10.1 Å². The molecule has 0 aromatic heterocycles. The zero-order valence-electron chi connectivity index (χ0n) is 12.7. The molecule has 0 heterocycles. The smallest absolute Gasteiger partial charge is 0.120 e. The standard InChI is InChI=1S/C17H27NO/c1-5-18-14-6-7-16(11-14)19-15-8-9-17(12(2)3)13(4)10-15/h8-10,12,14,16,18H,5-7,11H2,1-4H3. The normalized spacial score (nSPS) is 23.0. The Labute approximate surface area is 117 Å². The van der Waals surface area contributed by atoms with Crippen LogP contribution in [-0.4, -0.2) is 18.7 Å². The molecule has 1 aliphatic carbocycles. The molecule has 2 nitrogen and oxygen atoms in total. The van der Waals surface area contributed by atoms with E-state index in [0.717, 1.165) is 18.7 Å². The van der Waals surface area contributed by atoms with E-state index in [-0.39, 0.29) is 0 Å². The second-order valence-electron chi connectivity index (χ2n) is 5.98. The van der Waals surface area contributed by atoms with Gasteiger partial charge in [0.1, 0.15) is 11.9 Å². The number of hydrogen-bond donors (Lipinski definition) is 1. The van der Waals surface area contributed by atoms with Crippen LogP contribution in [0.15, 0.2) is 18.2 Å².